The zero-order chi connectivity index (χ0) is 13.9. The van der Waals surface area contributed by atoms with E-state index in [0.717, 1.165) is 12.8 Å². The van der Waals surface area contributed by atoms with Gasteiger partial charge in [-0.05, 0) is 24.5 Å². The third-order valence-electron chi connectivity index (χ3n) is 3.40. The maximum absolute atomic E-state index is 11.0. The number of nitrogens with zero attached hydrogens (tertiary/aromatic N) is 2. The van der Waals surface area contributed by atoms with Crippen molar-refractivity contribution in [2.24, 2.45) is 11.1 Å². The molecule has 0 aliphatic heterocycles. The number of ether oxygens (including phenoxy) is 1. The molecule has 1 fully saturated rings. The molecule has 0 spiro atoms. The number of benzene rings is 1. The number of hydrogen-bond donors (Lipinski definition) is 1. The maximum Gasteiger partial charge on any atom is 0.311 e. The predicted molar refractivity (Wildman–Crippen MR) is 68.4 cm³/mol. The van der Waals surface area contributed by atoms with Crippen LogP contribution in [0.25, 0.3) is 0 Å². The Labute approximate surface area is 110 Å². The van der Waals surface area contributed by atoms with Crippen molar-refractivity contribution in [1.29, 1.82) is 5.26 Å². The number of hydrogen-bond acceptors (Lipinski definition) is 5. The molecule has 0 heterocycles. The van der Waals surface area contributed by atoms with Gasteiger partial charge in [-0.2, -0.15) is 5.26 Å². The van der Waals surface area contributed by atoms with Crippen LogP contribution < -0.4 is 10.5 Å². The number of nitro groups is 1. The quantitative estimate of drug-likeness (QED) is 0.624. The van der Waals surface area contributed by atoms with Crippen molar-refractivity contribution in [2.75, 3.05) is 6.61 Å². The van der Waals surface area contributed by atoms with Gasteiger partial charge in [0.15, 0.2) is 5.75 Å². The molecule has 6 heteroatoms. The fourth-order valence-corrected chi connectivity index (χ4v) is 1.90. The van der Waals surface area contributed by atoms with E-state index in [9.17, 15) is 10.1 Å². The van der Waals surface area contributed by atoms with Crippen molar-refractivity contribution < 1.29 is 9.66 Å². The minimum atomic E-state index is -0.474. The highest BCUT2D eigenvalue weighted by Crippen LogP contribution is 2.49. The first-order chi connectivity index (χ1) is 9.10. The van der Waals surface area contributed by atoms with Gasteiger partial charge in [-0.15, -0.1) is 0 Å². The van der Waals surface area contributed by atoms with Gasteiger partial charge >= 0.3 is 5.69 Å². The van der Waals surface area contributed by atoms with E-state index in [1.54, 1.807) is 12.1 Å². The van der Waals surface area contributed by atoms with Crippen LogP contribution in [0.5, 0.6) is 5.75 Å². The minimum Gasteiger partial charge on any atom is -0.486 e. The molecule has 1 aliphatic carbocycles. The first kappa shape index (κ1) is 13.3. The van der Waals surface area contributed by atoms with Crippen LogP contribution in [0.3, 0.4) is 0 Å². The lowest BCUT2D eigenvalue weighted by Gasteiger charge is -2.13. The fraction of sp³-hybridized carbons (Fsp3) is 0.462. The zero-order valence-electron chi connectivity index (χ0n) is 10.5. The van der Waals surface area contributed by atoms with Gasteiger partial charge < -0.3 is 10.5 Å². The Balaban J connectivity index is 2.12. The number of nitriles is 1. The van der Waals surface area contributed by atoms with E-state index in [-0.39, 0.29) is 23.4 Å². The standard InChI is InChI=1S/C13H15N3O3/c14-6-5-13(3-4-13)9-19-12-2-1-10(8-15)7-11(12)16(17)18/h1-2,7H,3-5,8-9,15H2. The smallest absolute Gasteiger partial charge is 0.311 e. The molecule has 0 aromatic heterocycles. The summed E-state index contributed by atoms with van der Waals surface area (Å²) in [7, 11) is 0. The van der Waals surface area contributed by atoms with E-state index < -0.39 is 4.92 Å². The van der Waals surface area contributed by atoms with Crippen LogP contribution in [-0.2, 0) is 6.54 Å². The normalized spacial score (nSPS) is 15.6. The van der Waals surface area contributed by atoms with Gasteiger partial charge in [-0.25, -0.2) is 0 Å². The topological polar surface area (TPSA) is 102 Å². The maximum atomic E-state index is 11.0. The van der Waals surface area contributed by atoms with Crippen LogP contribution in [0.1, 0.15) is 24.8 Å². The molecule has 0 bridgehead atoms. The number of rotatable bonds is 6. The van der Waals surface area contributed by atoms with Crippen molar-refractivity contribution in [2.45, 2.75) is 25.8 Å². The lowest BCUT2D eigenvalue weighted by molar-refractivity contribution is -0.386. The van der Waals surface area contributed by atoms with Gasteiger partial charge in [0.25, 0.3) is 0 Å². The summed E-state index contributed by atoms with van der Waals surface area (Å²) < 4.78 is 5.54. The van der Waals surface area contributed by atoms with E-state index in [0.29, 0.717) is 18.6 Å². The lowest BCUT2D eigenvalue weighted by atomic mass is 10.1. The Morgan fingerprint density at radius 2 is 2.26 bits per heavy atom. The van der Waals surface area contributed by atoms with E-state index in [1.165, 1.54) is 6.07 Å². The first-order valence-electron chi connectivity index (χ1n) is 6.07. The second-order valence-corrected chi connectivity index (χ2v) is 4.89. The van der Waals surface area contributed by atoms with Gasteiger partial charge in [0.1, 0.15) is 0 Å². The Morgan fingerprint density at radius 3 is 2.79 bits per heavy atom. The highest BCUT2D eigenvalue weighted by Gasteiger charge is 2.43. The predicted octanol–water partition coefficient (Wildman–Crippen LogP) is 2.13. The van der Waals surface area contributed by atoms with E-state index in [2.05, 4.69) is 6.07 Å². The van der Waals surface area contributed by atoms with Crippen molar-refractivity contribution in [3.05, 3.63) is 33.9 Å². The Bertz CT molecular complexity index is 532. The molecule has 6 nitrogen and oxygen atoms in total. The molecule has 0 radical (unpaired) electrons. The van der Waals surface area contributed by atoms with Gasteiger partial charge in [0.05, 0.1) is 17.6 Å². The summed E-state index contributed by atoms with van der Waals surface area (Å²) in [4.78, 5) is 10.5. The van der Waals surface area contributed by atoms with Crippen LogP contribution in [0.2, 0.25) is 0 Å². The van der Waals surface area contributed by atoms with Crippen LogP contribution in [0.4, 0.5) is 5.69 Å². The number of nitrogens with two attached hydrogens (primary N) is 1. The molecule has 2 N–H and O–H groups in total. The molecule has 1 saturated carbocycles. The van der Waals surface area contributed by atoms with Gasteiger partial charge in [-0.1, -0.05) is 6.07 Å². The Kier molecular flexibility index (Phi) is 3.67. The van der Waals surface area contributed by atoms with E-state index in [1.807, 2.05) is 0 Å². The van der Waals surface area contributed by atoms with Gasteiger partial charge in [0, 0.05) is 24.4 Å². The Morgan fingerprint density at radius 1 is 1.53 bits per heavy atom. The number of nitro benzene ring substituents is 1. The second-order valence-electron chi connectivity index (χ2n) is 4.89. The largest absolute Gasteiger partial charge is 0.486 e. The molecule has 0 unspecified atom stereocenters. The third-order valence-corrected chi connectivity index (χ3v) is 3.40. The van der Waals surface area contributed by atoms with Crippen molar-refractivity contribution in [3.63, 3.8) is 0 Å². The van der Waals surface area contributed by atoms with Crippen molar-refractivity contribution >= 4 is 5.69 Å². The molecule has 0 saturated heterocycles. The van der Waals surface area contributed by atoms with Crippen LogP contribution in [0, 0.1) is 26.9 Å². The SMILES string of the molecule is N#CCC1(COc2ccc(CN)cc2[N+](=O)[O-])CC1. The van der Waals surface area contributed by atoms with Gasteiger partial charge in [0.2, 0.25) is 0 Å². The zero-order valence-corrected chi connectivity index (χ0v) is 10.5. The highest BCUT2D eigenvalue weighted by molar-refractivity contribution is 5.48. The molecule has 0 atom stereocenters. The molecule has 100 valence electrons. The summed E-state index contributed by atoms with van der Waals surface area (Å²) in [6.07, 6.45) is 2.31. The summed E-state index contributed by atoms with van der Waals surface area (Å²) in [6.45, 7) is 0.600. The summed E-state index contributed by atoms with van der Waals surface area (Å²) in [5.41, 5.74) is 5.98. The third kappa shape index (κ3) is 3.01. The lowest BCUT2D eigenvalue weighted by Crippen LogP contribution is -2.13. The average Bonchev–Trinajstić information content (AvgIpc) is 3.17. The molecule has 1 aliphatic rings. The minimum absolute atomic E-state index is 0.0734. The summed E-state index contributed by atoms with van der Waals surface area (Å²) in [6, 6.07) is 6.85. The molecular formula is C13H15N3O3. The van der Waals surface area contributed by atoms with Crippen LogP contribution in [-0.4, -0.2) is 11.5 Å². The van der Waals surface area contributed by atoms with Crippen molar-refractivity contribution in [1.82, 2.24) is 0 Å². The van der Waals surface area contributed by atoms with E-state index in [4.69, 9.17) is 15.7 Å². The Hall–Kier alpha value is -2.13. The first-order valence-corrected chi connectivity index (χ1v) is 6.07. The summed E-state index contributed by atoms with van der Waals surface area (Å²) in [5.74, 6) is 0.242. The monoisotopic (exact) mass is 261 g/mol. The molecule has 1 aromatic carbocycles. The molecule has 1 aromatic rings. The highest BCUT2D eigenvalue weighted by atomic mass is 16.6. The van der Waals surface area contributed by atoms with E-state index >= 15 is 0 Å². The molecule has 19 heavy (non-hydrogen) atoms. The van der Waals surface area contributed by atoms with Gasteiger partial charge in [-0.3, -0.25) is 10.1 Å². The summed E-state index contributed by atoms with van der Waals surface area (Å²) >= 11 is 0. The van der Waals surface area contributed by atoms with Crippen LogP contribution >= 0.6 is 0 Å². The fourth-order valence-electron chi connectivity index (χ4n) is 1.90. The van der Waals surface area contributed by atoms with Crippen LogP contribution in [0.15, 0.2) is 18.2 Å². The molecule has 2 rings (SSSR count). The average molecular weight is 261 g/mol. The second kappa shape index (κ2) is 5.24. The molecular weight excluding hydrogens is 246 g/mol. The molecule has 0 amide bonds. The summed E-state index contributed by atoms with van der Waals surface area (Å²) in [5, 5.41) is 19.7. The van der Waals surface area contributed by atoms with Crippen molar-refractivity contribution in [3.8, 4) is 11.8 Å².